The number of hydrogen-bond donors (Lipinski definition) is 6. The molecule has 3 heterocycles. The molecule has 59 heavy (non-hydrogen) atoms. The van der Waals surface area contributed by atoms with Gasteiger partial charge in [-0.25, -0.2) is 9.59 Å². The predicted molar refractivity (Wildman–Crippen MR) is 189 cm³/mol. The van der Waals surface area contributed by atoms with E-state index in [2.05, 4.69) is 0 Å². The van der Waals surface area contributed by atoms with Gasteiger partial charge in [-0.15, -0.1) is 0 Å². The molecule has 3 saturated heterocycles. The Morgan fingerprint density at radius 3 is 1.66 bits per heavy atom. The molecule has 0 aliphatic carbocycles. The zero-order valence-electron chi connectivity index (χ0n) is 31.9. The Balaban J connectivity index is 1.58. The maximum absolute atomic E-state index is 13.4. The number of ether oxygens (including phenoxy) is 10. The van der Waals surface area contributed by atoms with Gasteiger partial charge >= 0.3 is 29.8 Å². The molecule has 6 N–H and O–H groups in total. The average Bonchev–Trinajstić information content (AvgIpc) is 3.47. The molecule has 14 unspecified atom stereocenters. The van der Waals surface area contributed by atoms with Crippen molar-refractivity contribution in [3.63, 3.8) is 0 Å². The van der Waals surface area contributed by atoms with Gasteiger partial charge in [0.1, 0.15) is 74.8 Å². The summed E-state index contributed by atoms with van der Waals surface area (Å²) in [6.45, 7) is -0.109. The first-order chi connectivity index (χ1) is 28.0. The topological polar surface area (TPSA) is 299 Å². The Bertz CT molecular complexity index is 1740. The SMILES string of the molecule is CC(=O)OCC1OC(OC2C(OC3(COC(C)=O)OC(CO)C(O)C3OC(=O)c3ccccc3)OC(COC(C)=O)C(OC(=O)c3ccccc3)C2O)C(O)C(O)C1O. The molecule has 5 rings (SSSR count). The number of benzene rings is 2. The van der Waals surface area contributed by atoms with Crippen molar-refractivity contribution in [2.45, 2.75) is 106 Å². The Morgan fingerprint density at radius 2 is 1.12 bits per heavy atom. The van der Waals surface area contributed by atoms with E-state index in [0.29, 0.717) is 0 Å². The van der Waals surface area contributed by atoms with Crippen LogP contribution >= 0.6 is 0 Å². The van der Waals surface area contributed by atoms with Crippen molar-refractivity contribution < 1.29 is 102 Å². The van der Waals surface area contributed by atoms with E-state index >= 15 is 0 Å². The van der Waals surface area contributed by atoms with Crippen LogP contribution in [0.25, 0.3) is 0 Å². The summed E-state index contributed by atoms with van der Waals surface area (Å²) in [5.74, 6) is -7.18. The van der Waals surface area contributed by atoms with E-state index in [9.17, 15) is 54.6 Å². The molecule has 3 aliphatic rings. The normalized spacial score (nSPS) is 34.3. The predicted octanol–water partition coefficient (Wildman–Crippen LogP) is -2.13. The van der Waals surface area contributed by atoms with Crippen LogP contribution in [0.5, 0.6) is 0 Å². The third-order valence-corrected chi connectivity index (χ3v) is 9.42. The molecule has 0 aromatic heterocycles. The van der Waals surface area contributed by atoms with Crippen molar-refractivity contribution in [3.8, 4) is 0 Å². The molecule has 21 heteroatoms. The smallest absolute Gasteiger partial charge is 0.338 e. The maximum atomic E-state index is 13.4. The van der Waals surface area contributed by atoms with Crippen LogP contribution in [-0.2, 0) is 61.8 Å². The molecule has 0 saturated carbocycles. The van der Waals surface area contributed by atoms with Gasteiger partial charge in [0.25, 0.3) is 0 Å². The van der Waals surface area contributed by atoms with E-state index in [4.69, 9.17) is 47.4 Å². The highest BCUT2D eigenvalue weighted by Gasteiger charge is 2.63. The van der Waals surface area contributed by atoms with E-state index in [-0.39, 0.29) is 11.1 Å². The van der Waals surface area contributed by atoms with Crippen molar-refractivity contribution >= 4 is 29.8 Å². The zero-order chi connectivity index (χ0) is 43.0. The number of carbonyl (C=O) groups is 5. The van der Waals surface area contributed by atoms with E-state index in [0.717, 1.165) is 20.8 Å². The van der Waals surface area contributed by atoms with Crippen LogP contribution in [0, 0.1) is 0 Å². The average molecular weight is 839 g/mol. The van der Waals surface area contributed by atoms with Gasteiger partial charge in [-0.1, -0.05) is 36.4 Å². The summed E-state index contributed by atoms with van der Waals surface area (Å²) in [6.07, 6.45) is -24.6. The monoisotopic (exact) mass is 838 g/mol. The Labute approximate surface area is 336 Å². The maximum Gasteiger partial charge on any atom is 0.338 e. The van der Waals surface area contributed by atoms with Crippen LogP contribution in [0.3, 0.4) is 0 Å². The highest BCUT2D eigenvalue weighted by molar-refractivity contribution is 5.90. The molecule has 14 atom stereocenters. The lowest BCUT2D eigenvalue weighted by atomic mass is 9.96. The van der Waals surface area contributed by atoms with Crippen LogP contribution < -0.4 is 0 Å². The fourth-order valence-corrected chi connectivity index (χ4v) is 6.45. The minimum atomic E-state index is -2.62. The fourth-order valence-electron chi connectivity index (χ4n) is 6.45. The van der Waals surface area contributed by atoms with E-state index in [1.807, 2.05) is 0 Å². The summed E-state index contributed by atoms with van der Waals surface area (Å²) in [5, 5.41) is 66.0. The molecule has 3 aliphatic heterocycles. The van der Waals surface area contributed by atoms with Crippen LogP contribution in [0.1, 0.15) is 41.5 Å². The lowest BCUT2D eigenvalue weighted by Crippen LogP contribution is -2.67. The highest BCUT2D eigenvalue weighted by Crippen LogP contribution is 2.40. The standard InChI is InChI=1S/C38H46O21/c1-18(40)50-15-24-26(43)28(45)29(46)36(53-24)56-32-30(47)31(55-34(48)21-10-6-4-7-11-21)25(16-51-19(2)41)54-37(32)59-38(17-52-20(3)42)33(27(44)23(14-39)58-38)57-35(49)22-12-8-5-9-13-22/h4-13,23-33,36-37,39,43-47H,14-17H2,1-3H3. The molecule has 3 fully saturated rings. The second kappa shape index (κ2) is 20.1. The van der Waals surface area contributed by atoms with E-state index in [1.54, 1.807) is 12.1 Å². The molecule has 0 bridgehead atoms. The van der Waals surface area contributed by atoms with Crippen molar-refractivity contribution in [1.29, 1.82) is 0 Å². The van der Waals surface area contributed by atoms with Crippen molar-refractivity contribution in [2.24, 2.45) is 0 Å². The van der Waals surface area contributed by atoms with E-state index in [1.165, 1.54) is 48.5 Å². The second-order valence-electron chi connectivity index (χ2n) is 13.7. The molecule has 0 amide bonds. The van der Waals surface area contributed by atoms with Gasteiger partial charge in [0.05, 0.1) is 17.7 Å². The third-order valence-electron chi connectivity index (χ3n) is 9.42. The molecule has 0 radical (unpaired) electrons. The second-order valence-corrected chi connectivity index (χ2v) is 13.7. The van der Waals surface area contributed by atoms with Gasteiger partial charge in [0.15, 0.2) is 24.8 Å². The quantitative estimate of drug-likeness (QED) is 0.0825. The summed E-state index contributed by atoms with van der Waals surface area (Å²) in [7, 11) is 0. The molecule has 21 nitrogen and oxygen atoms in total. The summed E-state index contributed by atoms with van der Waals surface area (Å²) < 4.78 is 56.7. The van der Waals surface area contributed by atoms with Crippen molar-refractivity contribution in [2.75, 3.05) is 26.4 Å². The summed E-state index contributed by atoms with van der Waals surface area (Å²) in [6, 6.07) is 14.9. The van der Waals surface area contributed by atoms with Gasteiger partial charge in [0.2, 0.25) is 5.79 Å². The first-order valence-electron chi connectivity index (χ1n) is 18.3. The van der Waals surface area contributed by atoms with Gasteiger partial charge < -0.3 is 78.0 Å². The van der Waals surface area contributed by atoms with Crippen LogP contribution in [0.4, 0.5) is 0 Å². The molecule has 324 valence electrons. The van der Waals surface area contributed by atoms with E-state index < -0.39 is 142 Å². The minimum Gasteiger partial charge on any atom is -0.463 e. The molecule has 0 spiro atoms. The van der Waals surface area contributed by atoms with Crippen LogP contribution in [-0.4, -0.2) is 172 Å². The lowest BCUT2D eigenvalue weighted by molar-refractivity contribution is -0.407. The van der Waals surface area contributed by atoms with Gasteiger partial charge in [-0.3, -0.25) is 14.4 Å². The molecule has 2 aromatic rings. The number of carbonyl (C=O) groups excluding carboxylic acids is 5. The summed E-state index contributed by atoms with van der Waals surface area (Å²) in [5.41, 5.74) is 0.0149. The van der Waals surface area contributed by atoms with Crippen LogP contribution in [0.2, 0.25) is 0 Å². The summed E-state index contributed by atoms with van der Waals surface area (Å²) in [4.78, 5) is 62.5. The Hall–Kier alpha value is -4.65. The highest BCUT2D eigenvalue weighted by atomic mass is 16.8. The number of hydrogen-bond acceptors (Lipinski definition) is 21. The summed E-state index contributed by atoms with van der Waals surface area (Å²) >= 11 is 0. The Kier molecular flexibility index (Phi) is 15.5. The Morgan fingerprint density at radius 1 is 0.593 bits per heavy atom. The first-order valence-corrected chi connectivity index (χ1v) is 18.3. The first kappa shape index (κ1) is 45.4. The van der Waals surface area contributed by atoms with Crippen LogP contribution in [0.15, 0.2) is 60.7 Å². The number of aliphatic hydroxyl groups is 6. The van der Waals surface area contributed by atoms with Gasteiger partial charge in [-0.2, -0.15) is 0 Å². The molecular formula is C38H46O21. The number of aliphatic hydroxyl groups excluding tert-OH is 6. The third kappa shape index (κ3) is 10.9. The van der Waals surface area contributed by atoms with Crippen molar-refractivity contribution in [3.05, 3.63) is 71.8 Å². The van der Waals surface area contributed by atoms with Gasteiger partial charge in [0, 0.05) is 20.8 Å². The fraction of sp³-hybridized carbons (Fsp3) is 0.553. The molecular weight excluding hydrogens is 792 g/mol. The molecule has 2 aromatic carbocycles. The lowest BCUT2D eigenvalue weighted by Gasteiger charge is -2.48. The van der Waals surface area contributed by atoms with Crippen molar-refractivity contribution in [1.82, 2.24) is 0 Å². The largest absolute Gasteiger partial charge is 0.463 e. The zero-order valence-corrected chi connectivity index (χ0v) is 31.9. The number of esters is 5. The minimum absolute atomic E-state index is 0.00362. The van der Waals surface area contributed by atoms with Gasteiger partial charge in [-0.05, 0) is 24.3 Å². The number of rotatable bonds is 15.